The predicted molar refractivity (Wildman–Crippen MR) is 186 cm³/mol. The van der Waals surface area contributed by atoms with Crippen molar-refractivity contribution in [3.05, 3.63) is 160 Å². The van der Waals surface area contributed by atoms with Crippen molar-refractivity contribution >= 4 is 6.08 Å². The largest absolute Gasteiger partial charge is 0.461 e. The topological polar surface area (TPSA) is 56.8 Å². The third-order valence-corrected chi connectivity index (χ3v) is 8.40. The molecule has 228 valence electrons. The maximum absolute atomic E-state index is 9.43. The molecule has 2 unspecified atom stereocenters. The smallest absolute Gasteiger partial charge is 0.137 e. The molecule has 1 aliphatic heterocycles. The number of ether oxygens (including phenoxy) is 1. The Hall–Kier alpha value is -4.86. The summed E-state index contributed by atoms with van der Waals surface area (Å²) in [6.45, 7) is 12.3. The van der Waals surface area contributed by atoms with Gasteiger partial charge in [-0.05, 0) is 90.0 Å². The Balaban J connectivity index is 1.53. The molecule has 2 atom stereocenters. The van der Waals surface area contributed by atoms with Gasteiger partial charge in [0.05, 0.1) is 0 Å². The maximum atomic E-state index is 9.43. The molecule has 4 rings (SSSR count). The summed E-state index contributed by atoms with van der Waals surface area (Å²) in [5.74, 6) is 2.02. The van der Waals surface area contributed by atoms with Gasteiger partial charge in [-0.1, -0.05) is 119 Å². The Kier molecular flexibility index (Phi) is 11.6. The van der Waals surface area contributed by atoms with E-state index in [2.05, 4.69) is 92.4 Å². The molecule has 0 bridgehead atoms. The van der Waals surface area contributed by atoms with E-state index in [1.807, 2.05) is 51.1 Å². The lowest BCUT2D eigenvalue weighted by molar-refractivity contribution is 0.223. The molecule has 45 heavy (non-hydrogen) atoms. The highest BCUT2D eigenvalue weighted by Gasteiger charge is 2.24. The van der Waals surface area contributed by atoms with E-state index in [4.69, 9.17) is 4.74 Å². The predicted octanol–water partition coefficient (Wildman–Crippen LogP) is 10.9. The van der Waals surface area contributed by atoms with E-state index in [1.54, 1.807) is 12.2 Å². The number of nitriles is 2. The fraction of sp³-hybridized carbons (Fsp3) is 0.286. The molecule has 3 nitrogen and oxygen atoms in total. The van der Waals surface area contributed by atoms with Crippen LogP contribution in [0.15, 0.2) is 132 Å². The van der Waals surface area contributed by atoms with E-state index in [-0.39, 0.29) is 11.0 Å². The number of nitrogens with zero attached hydrogens (tertiary/aromatic N) is 2. The molecular formula is C42H44N2O. The van der Waals surface area contributed by atoms with Gasteiger partial charge in [-0.2, -0.15) is 10.5 Å². The van der Waals surface area contributed by atoms with Gasteiger partial charge >= 0.3 is 0 Å². The Labute approximate surface area is 270 Å². The van der Waals surface area contributed by atoms with Crippen LogP contribution in [0, 0.1) is 28.1 Å². The normalized spacial score (nSPS) is 14.4. The Morgan fingerprint density at radius 1 is 0.822 bits per heavy atom. The van der Waals surface area contributed by atoms with E-state index in [9.17, 15) is 10.5 Å². The zero-order chi connectivity index (χ0) is 32.2. The highest BCUT2D eigenvalue weighted by atomic mass is 16.5. The van der Waals surface area contributed by atoms with Crippen LogP contribution in [0.4, 0.5) is 0 Å². The minimum Gasteiger partial charge on any atom is -0.461 e. The average molecular weight is 593 g/mol. The molecule has 0 N–H and O–H groups in total. The van der Waals surface area contributed by atoms with Crippen molar-refractivity contribution in [2.24, 2.45) is 5.41 Å². The van der Waals surface area contributed by atoms with E-state index in [1.165, 1.54) is 35.1 Å². The summed E-state index contributed by atoms with van der Waals surface area (Å²) in [6, 6.07) is 32.8. The van der Waals surface area contributed by atoms with Gasteiger partial charge in [-0.25, -0.2) is 0 Å². The van der Waals surface area contributed by atoms with E-state index < -0.39 is 0 Å². The number of allylic oxidation sites excluding steroid dienone is 7. The Morgan fingerprint density at radius 3 is 2.11 bits per heavy atom. The van der Waals surface area contributed by atoms with Gasteiger partial charge in [0.1, 0.15) is 29.2 Å². The Morgan fingerprint density at radius 2 is 1.49 bits per heavy atom. The highest BCUT2D eigenvalue weighted by molar-refractivity contribution is 5.57. The molecule has 3 heteroatoms. The molecule has 1 heterocycles. The van der Waals surface area contributed by atoms with Crippen LogP contribution in [0.5, 0.6) is 0 Å². The Bertz CT molecular complexity index is 1630. The van der Waals surface area contributed by atoms with Crippen molar-refractivity contribution in [1.82, 2.24) is 0 Å². The summed E-state index contributed by atoms with van der Waals surface area (Å²) in [4.78, 5) is 0. The molecule has 0 radical (unpaired) electrons. The van der Waals surface area contributed by atoms with Crippen molar-refractivity contribution in [1.29, 1.82) is 10.5 Å². The molecule has 0 fully saturated rings. The molecule has 1 aliphatic rings. The summed E-state index contributed by atoms with van der Waals surface area (Å²) in [6.07, 6.45) is 14.9. The zero-order valence-corrected chi connectivity index (χ0v) is 27.1. The number of hydrogen-bond donors (Lipinski definition) is 0. The second kappa shape index (κ2) is 15.7. The first-order chi connectivity index (χ1) is 21.7. The van der Waals surface area contributed by atoms with Crippen molar-refractivity contribution < 1.29 is 4.74 Å². The molecule has 0 amide bonds. The molecule has 0 aliphatic carbocycles. The van der Waals surface area contributed by atoms with Crippen LogP contribution in [0.1, 0.15) is 86.6 Å². The first-order valence-corrected chi connectivity index (χ1v) is 15.9. The van der Waals surface area contributed by atoms with Crippen molar-refractivity contribution in [2.45, 2.75) is 71.6 Å². The molecular weight excluding hydrogens is 548 g/mol. The second-order valence-electron chi connectivity index (χ2n) is 12.8. The third-order valence-electron chi connectivity index (χ3n) is 8.40. The number of hydrogen-bond acceptors (Lipinski definition) is 3. The first-order valence-electron chi connectivity index (χ1n) is 15.9. The van der Waals surface area contributed by atoms with Gasteiger partial charge in [0.25, 0.3) is 0 Å². The van der Waals surface area contributed by atoms with Crippen LogP contribution < -0.4 is 0 Å². The van der Waals surface area contributed by atoms with Crippen LogP contribution >= 0.6 is 0 Å². The minimum atomic E-state index is -0.268. The number of aryl methyl sites for hydroxylation is 1. The monoisotopic (exact) mass is 592 g/mol. The summed E-state index contributed by atoms with van der Waals surface area (Å²) < 4.78 is 6.16. The van der Waals surface area contributed by atoms with Gasteiger partial charge in [0, 0.05) is 11.0 Å². The number of rotatable bonds is 12. The standard InChI is InChI=1S/C42H44N2O/c1-6-7-8-10-13-32-20-23-36(24-21-32)40(31(2)35-14-11-9-12-15-35)26-34-18-16-33(17-19-34)22-25-39-27-37(38(29-43)30-44)28-41(45-39)42(3,4)5/h6,9,11-12,14-25,27-28,31,40H,1,7-8,10,13,26H2,2-5H3/b25-22+. The summed E-state index contributed by atoms with van der Waals surface area (Å²) in [5, 5.41) is 18.9. The van der Waals surface area contributed by atoms with Gasteiger partial charge in [0.15, 0.2) is 0 Å². The molecule has 0 spiro atoms. The summed E-state index contributed by atoms with van der Waals surface area (Å²) in [7, 11) is 0. The van der Waals surface area contributed by atoms with Crippen molar-refractivity contribution in [3.63, 3.8) is 0 Å². The van der Waals surface area contributed by atoms with Crippen molar-refractivity contribution in [2.75, 3.05) is 0 Å². The summed E-state index contributed by atoms with van der Waals surface area (Å²) in [5.41, 5.74) is 6.84. The highest BCUT2D eigenvalue weighted by Crippen LogP contribution is 2.37. The van der Waals surface area contributed by atoms with Crippen LogP contribution in [0.25, 0.3) is 6.08 Å². The lowest BCUT2D eigenvalue weighted by Crippen LogP contribution is -2.15. The SMILES string of the molecule is C=CCCCCc1ccc(C(Cc2ccc(/C=C/C3=CC(=C(C#N)C#N)C=C(C(C)(C)C)O3)cc2)C(C)c2ccccc2)cc1. The van der Waals surface area contributed by atoms with E-state index >= 15 is 0 Å². The van der Waals surface area contributed by atoms with Crippen LogP contribution in [-0.2, 0) is 17.6 Å². The van der Waals surface area contributed by atoms with Gasteiger partial charge < -0.3 is 4.74 Å². The average Bonchev–Trinajstić information content (AvgIpc) is 3.06. The fourth-order valence-electron chi connectivity index (χ4n) is 5.59. The van der Waals surface area contributed by atoms with Gasteiger partial charge in [0.2, 0.25) is 0 Å². The maximum Gasteiger partial charge on any atom is 0.137 e. The van der Waals surface area contributed by atoms with Crippen LogP contribution in [-0.4, -0.2) is 0 Å². The number of unbranched alkanes of at least 4 members (excludes halogenated alkanes) is 2. The van der Waals surface area contributed by atoms with Gasteiger partial charge in [-0.15, -0.1) is 6.58 Å². The molecule has 3 aromatic carbocycles. The van der Waals surface area contributed by atoms with Crippen LogP contribution in [0.3, 0.4) is 0 Å². The molecule has 0 saturated carbocycles. The van der Waals surface area contributed by atoms with Crippen molar-refractivity contribution in [3.8, 4) is 12.1 Å². The minimum absolute atomic E-state index is 0.0766. The van der Waals surface area contributed by atoms with E-state index in [0.717, 1.165) is 30.6 Å². The molecule has 3 aromatic rings. The lowest BCUT2D eigenvalue weighted by Gasteiger charge is -2.26. The number of benzene rings is 3. The fourth-order valence-corrected chi connectivity index (χ4v) is 5.59. The quantitative estimate of drug-likeness (QED) is 0.119. The van der Waals surface area contributed by atoms with Crippen LogP contribution in [0.2, 0.25) is 0 Å². The molecule has 0 saturated heterocycles. The lowest BCUT2D eigenvalue weighted by atomic mass is 9.78. The van der Waals surface area contributed by atoms with E-state index in [0.29, 0.717) is 23.2 Å². The summed E-state index contributed by atoms with van der Waals surface area (Å²) >= 11 is 0. The first kappa shape index (κ1) is 33.0. The van der Waals surface area contributed by atoms with Gasteiger partial charge in [-0.3, -0.25) is 0 Å². The third kappa shape index (κ3) is 9.31. The molecule has 0 aromatic heterocycles. The zero-order valence-electron chi connectivity index (χ0n) is 27.1. The second-order valence-corrected chi connectivity index (χ2v) is 12.8.